The molecule has 0 bridgehead atoms. The lowest BCUT2D eigenvalue weighted by atomic mass is 10.0. The van der Waals surface area contributed by atoms with Crippen LogP contribution >= 0.6 is 0 Å². The molecule has 3 rings (SSSR count). The van der Waals surface area contributed by atoms with Crippen LogP contribution in [-0.2, 0) is 0 Å². The summed E-state index contributed by atoms with van der Waals surface area (Å²) < 4.78 is 0. The number of aromatic nitrogens is 2. The van der Waals surface area contributed by atoms with Crippen molar-refractivity contribution in [2.24, 2.45) is 0 Å². The lowest BCUT2D eigenvalue weighted by molar-refractivity contribution is 0.991. The summed E-state index contributed by atoms with van der Waals surface area (Å²) in [5.41, 5.74) is 4.81. The molecule has 1 aromatic heterocycles. The first kappa shape index (κ1) is 12.2. The third kappa shape index (κ3) is 2.33. The van der Waals surface area contributed by atoms with Crippen molar-refractivity contribution in [1.29, 1.82) is 0 Å². The second-order valence-electron chi connectivity index (χ2n) is 5.29. The van der Waals surface area contributed by atoms with Crippen LogP contribution in [0.1, 0.15) is 35.6 Å². The Kier molecular flexibility index (Phi) is 2.97. The van der Waals surface area contributed by atoms with Gasteiger partial charge in [-0.1, -0.05) is 18.2 Å². The molecule has 0 amide bonds. The van der Waals surface area contributed by atoms with E-state index in [9.17, 15) is 0 Å². The Bertz CT molecular complexity index is 595. The van der Waals surface area contributed by atoms with Crippen LogP contribution in [0.5, 0.6) is 0 Å². The molecule has 1 saturated carbocycles. The Hall–Kier alpha value is -1.90. The van der Waals surface area contributed by atoms with Gasteiger partial charge in [-0.2, -0.15) is 0 Å². The van der Waals surface area contributed by atoms with E-state index < -0.39 is 0 Å². The van der Waals surface area contributed by atoms with Gasteiger partial charge >= 0.3 is 0 Å². The van der Waals surface area contributed by atoms with E-state index in [4.69, 9.17) is 4.98 Å². The monoisotopic (exact) mass is 253 g/mol. The van der Waals surface area contributed by atoms with Crippen molar-refractivity contribution in [3.63, 3.8) is 0 Å². The molecule has 1 aliphatic carbocycles. The van der Waals surface area contributed by atoms with Gasteiger partial charge in [0.15, 0.2) is 5.82 Å². The first-order chi connectivity index (χ1) is 9.19. The molecule has 0 aliphatic heterocycles. The van der Waals surface area contributed by atoms with Crippen LogP contribution in [0.4, 0.5) is 5.82 Å². The molecule has 3 nitrogen and oxygen atoms in total. The van der Waals surface area contributed by atoms with E-state index in [2.05, 4.69) is 48.4 Å². The van der Waals surface area contributed by atoms with Crippen molar-refractivity contribution in [3.05, 3.63) is 41.1 Å². The largest absolute Gasteiger partial charge is 0.373 e. The Morgan fingerprint density at radius 2 is 1.79 bits per heavy atom. The summed E-state index contributed by atoms with van der Waals surface area (Å²) in [6.07, 6.45) is 2.51. The van der Waals surface area contributed by atoms with Gasteiger partial charge in [-0.15, -0.1) is 0 Å². The molecule has 0 spiro atoms. The predicted molar refractivity (Wildman–Crippen MR) is 78.5 cm³/mol. The molecule has 1 aliphatic rings. The van der Waals surface area contributed by atoms with Crippen molar-refractivity contribution in [2.45, 2.75) is 32.6 Å². The van der Waals surface area contributed by atoms with Gasteiger partial charge in [0.1, 0.15) is 5.82 Å². The van der Waals surface area contributed by atoms with Crippen LogP contribution in [0.2, 0.25) is 0 Å². The van der Waals surface area contributed by atoms with Gasteiger partial charge in [0, 0.05) is 30.3 Å². The summed E-state index contributed by atoms with van der Waals surface area (Å²) in [5, 5.41) is 3.15. The minimum absolute atomic E-state index is 0.637. The van der Waals surface area contributed by atoms with E-state index >= 15 is 0 Å². The van der Waals surface area contributed by atoms with Gasteiger partial charge in [0.05, 0.1) is 0 Å². The average Bonchev–Trinajstić information content (AvgIpc) is 3.22. The lowest BCUT2D eigenvalue weighted by Gasteiger charge is -2.11. The lowest BCUT2D eigenvalue weighted by Crippen LogP contribution is -2.02. The normalized spacial score (nSPS) is 14.5. The summed E-state index contributed by atoms with van der Waals surface area (Å²) in [4.78, 5) is 9.42. The number of nitrogens with zero attached hydrogens (tertiary/aromatic N) is 2. The van der Waals surface area contributed by atoms with E-state index in [1.165, 1.54) is 35.2 Å². The van der Waals surface area contributed by atoms with Crippen molar-refractivity contribution in [3.8, 4) is 11.4 Å². The van der Waals surface area contributed by atoms with Gasteiger partial charge in [0.2, 0.25) is 0 Å². The van der Waals surface area contributed by atoms with Gasteiger partial charge in [-0.05, 0) is 37.8 Å². The van der Waals surface area contributed by atoms with Crippen molar-refractivity contribution in [2.75, 3.05) is 12.4 Å². The number of benzene rings is 1. The Morgan fingerprint density at radius 3 is 2.37 bits per heavy atom. The number of nitrogens with one attached hydrogen (secondary N) is 1. The van der Waals surface area contributed by atoms with Crippen LogP contribution in [0.3, 0.4) is 0 Å². The molecular formula is C16H19N3. The molecule has 1 fully saturated rings. The molecular weight excluding hydrogens is 234 g/mol. The maximum absolute atomic E-state index is 4.78. The maximum Gasteiger partial charge on any atom is 0.162 e. The van der Waals surface area contributed by atoms with Gasteiger partial charge in [-0.25, -0.2) is 9.97 Å². The minimum Gasteiger partial charge on any atom is -0.373 e. The highest BCUT2D eigenvalue weighted by Crippen LogP contribution is 2.40. The Morgan fingerprint density at radius 1 is 1.11 bits per heavy atom. The fraction of sp³-hybridized carbons (Fsp3) is 0.375. The molecule has 98 valence electrons. The van der Waals surface area contributed by atoms with Crippen LogP contribution in [0, 0.1) is 13.8 Å². The highest BCUT2D eigenvalue weighted by Gasteiger charge is 2.26. The quantitative estimate of drug-likeness (QED) is 0.906. The van der Waals surface area contributed by atoms with Gasteiger partial charge in [-0.3, -0.25) is 0 Å². The third-order valence-electron chi connectivity index (χ3n) is 3.70. The molecule has 0 unspecified atom stereocenters. The van der Waals surface area contributed by atoms with Crippen molar-refractivity contribution in [1.82, 2.24) is 9.97 Å². The SMILES string of the molecule is CNc1cc(C2CC2)nc(-c2c(C)cccc2C)n1. The smallest absolute Gasteiger partial charge is 0.162 e. The van der Waals surface area contributed by atoms with Gasteiger partial charge in [0.25, 0.3) is 0 Å². The number of rotatable bonds is 3. The summed E-state index contributed by atoms with van der Waals surface area (Å²) in [6.45, 7) is 4.24. The van der Waals surface area contributed by atoms with Crippen LogP contribution in [0.15, 0.2) is 24.3 Å². The highest BCUT2D eigenvalue weighted by molar-refractivity contribution is 5.66. The molecule has 0 radical (unpaired) electrons. The highest BCUT2D eigenvalue weighted by atomic mass is 15.0. The van der Waals surface area contributed by atoms with E-state index in [0.717, 1.165) is 11.6 Å². The zero-order chi connectivity index (χ0) is 13.4. The second kappa shape index (κ2) is 4.65. The van der Waals surface area contributed by atoms with Crippen molar-refractivity contribution < 1.29 is 0 Å². The molecule has 3 heteroatoms. The zero-order valence-corrected chi connectivity index (χ0v) is 11.7. The zero-order valence-electron chi connectivity index (χ0n) is 11.7. The number of hydrogen-bond acceptors (Lipinski definition) is 3. The number of hydrogen-bond donors (Lipinski definition) is 1. The first-order valence-corrected chi connectivity index (χ1v) is 6.82. The van der Waals surface area contributed by atoms with Crippen LogP contribution < -0.4 is 5.32 Å². The number of anilines is 1. The summed E-state index contributed by atoms with van der Waals surface area (Å²) in [7, 11) is 1.91. The van der Waals surface area contributed by atoms with Gasteiger partial charge < -0.3 is 5.32 Å². The summed E-state index contributed by atoms with van der Waals surface area (Å²) in [5.74, 6) is 2.40. The first-order valence-electron chi connectivity index (χ1n) is 6.82. The standard InChI is InChI=1S/C16H19N3/c1-10-5-4-6-11(2)15(10)16-18-13(12-7-8-12)9-14(17-3)19-16/h4-6,9,12H,7-8H2,1-3H3,(H,17,18,19). The Labute approximate surface area is 114 Å². The molecule has 2 aromatic rings. The fourth-order valence-corrected chi connectivity index (χ4v) is 2.46. The summed E-state index contributed by atoms with van der Waals surface area (Å²) in [6, 6.07) is 8.40. The molecule has 19 heavy (non-hydrogen) atoms. The molecule has 0 saturated heterocycles. The maximum atomic E-state index is 4.78. The Balaban J connectivity index is 2.16. The van der Waals surface area contributed by atoms with E-state index in [1.54, 1.807) is 0 Å². The van der Waals surface area contributed by atoms with E-state index in [1.807, 2.05) is 7.05 Å². The van der Waals surface area contributed by atoms with Crippen molar-refractivity contribution >= 4 is 5.82 Å². The fourth-order valence-electron chi connectivity index (χ4n) is 2.46. The number of aryl methyl sites for hydroxylation is 2. The average molecular weight is 253 g/mol. The second-order valence-corrected chi connectivity index (χ2v) is 5.29. The topological polar surface area (TPSA) is 37.8 Å². The molecule has 0 atom stereocenters. The van der Waals surface area contributed by atoms with E-state index in [-0.39, 0.29) is 0 Å². The van der Waals surface area contributed by atoms with Crippen LogP contribution in [0.25, 0.3) is 11.4 Å². The summed E-state index contributed by atoms with van der Waals surface area (Å²) >= 11 is 0. The van der Waals surface area contributed by atoms with Crippen LogP contribution in [-0.4, -0.2) is 17.0 Å². The third-order valence-corrected chi connectivity index (χ3v) is 3.70. The predicted octanol–water partition coefficient (Wildman–Crippen LogP) is 3.68. The molecule has 1 N–H and O–H groups in total. The molecule has 1 aromatic carbocycles. The molecule has 1 heterocycles. The van der Waals surface area contributed by atoms with E-state index in [0.29, 0.717) is 5.92 Å². The minimum atomic E-state index is 0.637.